The van der Waals surface area contributed by atoms with Crippen molar-refractivity contribution in [1.29, 1.82) is 0 Å². The first kappa shape index (κ1) is 12.2. The first-order valence-corrected chi connectivity index (χ1v) is 4.82. The van der Waals surface area contributed by atoms with Crippen LogP contribution in [0.15, 0.2) is 24.3 Å². The zero-order valence-electron chi connectivity index (χ0n) is 9.52. The SMILES string of the molecule is COC(=O)C(C(=O)OC)c1cccc(C)c1. The van der Waals surface area contributed by atoms with E-state index in [2.05, 4.69) is 9.47 Å². The molecule has 0 saturated carbocycles. The second-order valence-electron chi connectivity index (χ2n) is 3.39. The van der Waals surface area contributed by atoms with E-state index in [-0.39, 0.29) is 0 Å². The van der Waals surface area contributed by atoms with E-state index in [1.54, 1.807) is 18.2 Å². The third kappa shape index (κ3) is 2.59. The van der Waals surface area contributed by atoms with Crippen molar-refractivity contribution in [3.05, 3.63) is 35.4 Å². The van der Waals surface area contributed by atoms with Crippen molar-refractivity contribution in [3.8, 4) is 0 Å². The van der Waals surface area contributed by atoms with E-state index >= 15 is 0 Å². The molecule has 0 aliphatic rings. The summed E-state index contributed by atoms with van der Waals surface area (Å²) < 4.78 is 9.18. The van der Waals surface area contributed by atoms with Crippen LogP contribution in [0.25, 0.3) is 0 Å². The second-order valence-corrected chi connectivity index (χ2v) is 3.39. The Morgan fingerprint density at radius 3 is 2.12 bits per heavy atom. The van der Waals surface area contributed by atoms with E-state index in [4.69, 9.17) is 0 Å². The Hall–Kier alpha value is -1.84. The van der Waals surface area contributed by atoms with Crippen molar-refractivity contribution < 1.29 is 19.1 Å². The average Bonchev–Trinajstić information content (AvgIpc) is 2.29. The van der Waals surface area contributed by atoms with Crippen molar-refractivity contribution in [2.24, 2.45) is 0 Å². The number of carbonyl (C=O) groups excluding carboxylic acids is 2. The summed E-state index contributed by atoms with van der Waals surface area (Å²) in [6.07, 6.45) is 0. The quantitative estimate of drug-likeness (QED) is 0.573. The van der Waals surface area contributed by atoms with Gasteiger partial charge in [-0.15, -0.1) is 0 Å². The minimum atomic E-state index is -1.00. The van der Waals surface area contributed by atoms with Crippen LogP contribution in [0, 0.1) is 6.92 Å². The number of benzene rings is 1. The van der Waals surface area contributed by atoms with Gasteiger partial charge in [-0.05, 0) is 12.5 Å². The summed E-state index contributed by atoms with van der Waals surface area (Å²) in [5, 5.41) is 0. The highest BCUT2D eigenvalue weighted by Crippen LogP contribution is 2.20. The standard InChI is InChI=1S/C12H14O4/c1-8-5-4-6-9(7-8)10(11(13)15-2)12(14)16-3/h4-7,10H,1-3H3. The zero-order chi connectivity index (χ0) is 12.1. The molecule has 1 aromatic carbocycles. The smallest absolute Gasteiger partial charge is 0.324 e. The molecule has 0 unspecified atom stereocenters. The Morgan fingerprint density at radius 2 is 1.69 bits per heavy atom. The number of methoxy groups -OCH3 is 2. The Labute approximate surface area is 94.2 Å². The van der Waals surface area contributed by atoms with Gasteiger partial charge < -0.3 is 9.47 Å². The summed E-state index contributed by atoms with van der Waals surface area (Å²) in [6.45, 7) is 1.88. The fraction of sp³-hybridized carbons (Fsp3) is 0.333. The van der Waals surface area contributed by atoms with Gasteiger partial charge in [-0.2, -0.15) is 0 Å². The van der Waals surface area contributed by atoms with Crippen LogP contribution in [0.5, 0.6) is 0 Å². The fourth-order valence-corrected chi connectivity index (χ4v) is 1.45. The largest absolute Gasteiger partial charge is 0.468 e. The lowest BCUT2D eigenvalue weighted by Gasteiger charge is -2.12. The van der Waals surface area contributed by atoms with Gasteiger partial charge in [0.05, 0.1) is 14.2 Å². The van der Waals surface area contributed by atoms with E-state index in [1.165, 1.54) is 14.2 Å². The Balaban J connectivity index is 3.10. The van der Waals surface area contributed by atoms with Crippen LogP contribution in [-0.4, -0.2) is 26.2 Å². The van der Waals surface area contributed by atoms with Crippen molar-refractivity contribution in [2.75, 3.05) is 14.2 Å². The lowest BCUT2D eigenvalue weighted by Crippen LogP contribution is -2.24. The maximum atomic E-state index is 11.5. The molecule has 0 radical (unpaired) electrons. The van der Waals surface area contributed by atoms with Gasteiger partial charge in [0.2, 0.25) is 0 Å². The van der Waals surface area contributed by atoms with Crippen molar-refractivity contribution in [2.45, 2.75) is 12.8 Å². The summed E-state index contributed by atoms with van der Waals surface area (Å²) in [4.78, 5) is 23.0. The topological polar surface area (TPSA) is 52.6 Å². The number of ether oxygens (including phenoxy) is 2. The van der Waals surface area contributed by atoms with Gasteiger partial charge in [-0.3, -0.25) is 9.59 Å². The van der Waals surface area contributed by atoms with Crippen LogP contribution >= 0.6 is 0 Å². The van der Waals surface area contributed by atoms with Gasteiger partial charge in [-0.1, -0.05) is 29.8 Å². The van der Waals surface area contributed by atoms with Crippen LogP contribution in [0.4, 0.5) is 0 Å². The molecule has 4 heteroatoms. The molecule has 0 heterocycles. The molecule has 4 nitrogen and oxygen atoms in total. The molecule has 1 aromatic rings. The summed E-state index contributed by atoms with van der Waals surface area (Å²) >= 11 is 0. The molecule has 0 aliphatic heterocycles. The third-order valence-corrected chi connectivity index (χ3v) is 2.25. The predicted molar refractivity (Wildman–Crippen MR) is 58.0 cm³/mol. The summed E-state index contributed by atoms with van der Waals surface area (Å²) in [7, 11) is 2.49. The molecule has 0 aliphatic carbocycles. The fourth-order valence-electron chi connectivity index (χ4n) is 1.45. The van der Waals surface area contributed by atoms with Crippen LogP contribution in [-0.2, 0) is 19.1 Å². The summed E-state index contributed by atoms with van der Waals surface area (Å²) in [5.74, 6) is -2.23. The highest BCUT2D eigenvalue weighted by molar-refractivity contribution is 6.00. The number of esters is 2. The van der Waals surface area contributed by atoms with Gasteiger partial charge in [0.15, 0.2) is 5.92 Å². The maximum Gasteiger partial charge on any atom is 0.324 e. The van der Waals surface area contributed by atoms with Crippen molar-refractivity contribution in [1.82, 2.24) is 0 Å². The monoisotopic (exact) mass is 222 g/mol. The molecular weight excluding hydrogens is 208 g/mol. The van der Waals surface area contributed by atoms with E-state index in [1.807, 2.05) is 13.0 Å². The Morgan fingerprint density at radius 1 is 1.12 bits per heavy atom. The molecule has 16 heavy (non-hydrogen) atoms. The minimum absolute atomic E-state index is 0.582. The number of carbonyl (C=O) groups is 2. The summed E-state index contributed by atoms with van der Waals surface area (Å²) in [5.41, 5.74) is 1.55. The molecule has 0 spiro atoms. The minimum Gasteiger partial charge on any atom is -0.468 e. The van der Waals surface area contributed by atoms with E-state index in [0.29, 0.717) is 5.56 Å². The second kappa shape index (κ2) is 5.30. The lowest BCUT2D eigenvalue weighted by atomic mass is 9.98. The van der Waals surface area contributed by atoms with Gasteiger partial charge in [0.1, 0.15) is 0 Å². The van der Waals surface area contributed by atoms with E-state index in [0.717, 1.165) is 5.56 Å². The predicted octanol–water partition coefficient (Wildman–Crippen LogP) is 1.42. The molecule has 0 bridgehead atoms. The van der Waals surface area contributed by atoms with E-state index < -0.39 is 17.9 Å². The first-order valence-electron chi connectivity index (χ1n) is 4.82. The first-order chi connectivity index (χ1) is 7.60. The maximum absolute atomic E-state index is 11.5. The molecule has 0 atom stereocenters. The number of hydrogen-bond acceptors (Lipinski definition) is 4. The van der Waals surface area contributed by atoms with Crippen molar-refractivity contribution in [3.63, 3.8) is 0 Å². The molecule has 1 rings (SSSR count). The molecule has 0 saturated heterocycles. The van der Waals surface area contributed by atoms with Crippen LogP contribution < -0.4 is 0 Å². The highest BCUT2D eigenvalue weighted by atomic mass is 16.5. The van der Waals surface area contributed by atoms with Crippen LogP contribution in [0.1, 0.15) is 17.0 Å². The number of rotatable bonds is 3. The molecule has 0 aromatic heterocycles. The third-order valence-electron chi connectivity index (χ3n) is 2.25. The van der Waals surface area contributed by atoms with Crippen molar-refractivity contribution >= 4 is 11.9 Å². The summed E-state index contributed by atoms with van der Waals surface area (Å²) in [6, 6.07) is 7.13. The molecule has 0 amide bonds. The van der Waals surface area contributed by atoms with Crippen LogP contribution in [0.3, 0.4) is 0 Å². The molecule has 86 valence electrons. The van der Waals surface area contributed by atoms with Gasteiger partial charge in [0, 0.05) is 0 Å². The zero-order valence-corrected chi connectivity index (χ0v) is 9.52. The Bertz CT molecular complexity index is 382. The van der Waals surface area contributed by atoms with Gasteiger partial charge >= 0.3 is 11.9 Å². The van der Waals surface area contributed by atoms with Gasteiger partial charge in [-0.25, -0.2) is 0 Å². The average molecular weight is 222 g/mol. The molecular formula is C12H14O4. The van der Waals surface area contributed by atoms with Gasteiger partial charge in [0.25, 0.3) is 0 Å². The number of aryl methyl sites for hydroxylation is 1. The molecule has 0 N–H and O–H groups in total. The van der Waals surface area contributed by atoms with Crippen LogP contribution in [0.2, 0.25) is 0 Å². The lowest BCUT2D eigenvalue weighted by molar-refractivity contribution is -0.154. The molecule has 0 fully saturated rings. The Kier molecular flexibility index (Phi) is 4.05. The number of hydrogen-bond donors (Lipinski definition) is 0. The normalized spacial score (nSPS) is 10.0. The van der Waals surface area contributed by atoms with E-state index in [9.17, 15) is 9.59 Å². The highest BCUT2D eigenvalue weighted by Gasteiger charge is 2.30.